The molecule has 0 radical (unpaired) electrons. The van der Waals surface area contributed by atoms with Gasteiger partial charge < -0.3 is 9.88 Å². The smallest absolute Gasteiger partial charge is 0.261 e. The average molecular weight is 278 g/mol. The fourth-order valence-corrected chi connectivity index (χ4v) is 2.73. The highest BCUT2D eigenvalue weighted by molar-refractivity contribution is 7.18. The molecule has 0 aliphatic rings. The molecule has 2 aromatic rings. The minimum Gasteiger partial charge on any atom is -0.363 e. The summed E-state index contributed by atoms with van der Waals surface area (Å²) in [6, 6.07) is 3.86. The largest absolute Gasteiger partial charge is 0.363 e. The third kappa shape index (κ3) is 2.53. The maximum Gasteiger partial charge on any atom is 0.261 e. The Morgan fingerprint density at radius 3 is 2.63 bits per heavy atom. The molecule has 0 bridgehead atoms. The summed E-state index contributed by atoms with van der Waals surface area (Å²) < 4.78 is 1.81. The van der Waals surface area contributed by atoms with Crippen molar-refractivity contribution in [3.63, 3.8) is 0 Å². The van der Waals surface area contributed by atoms with E-state index in [0.717, 1.165) is 5.69 Å². The number of pyridine rings is 1. The fourth-order valence-electron chi connectivity index (χ4n) is 2.02. The summed E-state index contributed by atoms with van der Waals surface area (Å²) in [4.78, 5) is 12.5. The molecule has 102 valence electrons. The summed E-state index contributed by atoms with van der Waals surface area (Å²) in [5.41, 5.74) is 1.67. The Morgan fingerprint density at radius 2 is 2.11 bits per heavy atom. The highest BCUT2D eigenvalue weighted by Gasteiger charge is 2.14. The fraction of sp³-hybridized carbons (Fsp3) is 0.462. The molecular formula is C13H18N4OS. The van der Waals surface area contributed by atoms with Gasteiger partial charge in [0.05, 0.1) is 5.56 Å². The maximum atomic E-state index is 12.5. The van der Waals surface area contributed by atoms with E-state index in [-0.39, 0.29) is 5.56 Å². The van der Waals surface area contributed by atoms with Crippen LogP contribution in [0.4, 0.5) is 5.13 Å². The van der Waals surface area contributed by atoms with Gasteiger partial charge in [-0.15, -0.1) is 10.2 Å². The van der Waals surface area contributed by atoms with E-state index in [1.54, 1.807) is 11.6 Å². The lowest BCUT2D eigenvalue weighted by Gasteiger charge is -2.14. The Morgan fingerprint density at radius 1 is 1.37 bits per heavy atom. The topological polar surface area (TPSA) is 59.8 Å². The molecule has 0 saturated carbocycles. The number of rotatable bonds is 4. The number of aromatic nitrogens is 3. The highest BCUT2D eigenvalue weighted by Crippen LogP contribution is 2.24. The lowest BCUT2D eigenvalue weighted by molar-refractivity contribution is 0.641. The van der Waals surface area contributed by atoms with E-state index in [4.69, 9.17) is 0 Å². The van der Waals surface area contributed by atoms with Crippen LogP contribution in [0.15, 0.2) is 16.9 Å². The zero-order valence-electron chi connectivity index (χ0n) is 11.6. The minimum absolute atomic E-state index is 0.00695. The third-order valence-electron chi connectivity index (χ3n) is 2.99. The number of anilines is 1. The van der Waals surface area contributed by atoms with Gasteiger partial charge in [0.25, 0.3) is 5.56 Å². The van der Waals surface area contributed by atoms with Crippen molar-refractivity contribution in [2.45, 2.75) is 33.2 Å². The van der Waals surface area contributed by atoms with Gasteiger partial charge in [0.15, 0.2) is 5.01 Å². The Bertz CT molecular complexity index is 630. The van der Waals surface area contributed by atoms with Gasteiger partial charge in [0.1, 0.15) is 0 Å². The van der Waals surface area contributed by atoms with Crippen LogP contribution < -0.4 is 10.9 Å². The molecule has 2 heterocycles. The van der Waals surface area contributed by atoms with Gasteiger partial charge in [0, 0.05) is 19.3 Å². The predicted octanol–water partition coefficient (Wildman–Crippen LogP) is 2.55. The SMILES string of the molecule is CCn1c(C(C)C)ccc(-c2nnc(NC)s2)c1=O. The van der Waals surface area contributed by atoms with Crippen molar-refractivity contribution < 1.29 is 0 Å². The number of hydrogen-bond donors (Lipinski definition) is 1. The second-order valence-corrected chi connectivity index (χ2v) is 5.52. The van der Waals surface area contributed by atoms with E-state index in [2.05, 4.69) is 29.4 Å². The summed E-state index contributed by atoms with van der Waals surface area (Å²) in [6.45, 7) is 6.82. The van der Waals surface area contributed by atoms with Gasteiger partial charge in [0.2, 0.25) is 5.13 Å². The monoisotopic (exact) mass is 278 g/mol. The minimum atomic E-state index is 0.00695. The molecule has 2 aromatic heterocycles. The van der Waals surface area contributed by atoms with Crippen LogP contribution in [0, 0.1) is 0 Å². The summed E-state index contributed by atoms with van der Waals surface area (Å²) in [7, 11) is 1.79. The van der Waals surface area contributed by atoms with Crippen LogP contribution in [0.3, 0.4) is 0 Å². The van der Waals surface area contributed by atoms with Gasteiger partial charge >= 0.3 is 0 Å². The Kier molecular flexibility index (Phi) is 3.99. The zero-order valence-corrected chi connectivity index (χ0v) is 12.4. The van der Waals surface area contributed by atoms with Crippen LogP contribution >= 0.6 is 11.3 Å². The molecular weight excluding hydrogens is 260 g/mol. The van der Waals surface area contributed by atoms with Crippen LogP contribution in [0.5, 0.6) is 0 Å². The van der Waals surface area contributed by atoms with Crippen LogP contribution in [-0.4, -0.2) is 21.8 Å². The number of nitrogens with one attached hydrogen (secondary N) is 1. The second kappa shape index (κ2) is 5.52. The van der Waals surface area contributed by atoms with E-state index in [9.17, 15) is 4.79 Å². The quantitative estimate of drug-likeness (QED) is 0.933. The number of nitrogens with zero attached hydrogens (tertiary/aromatic N) is 3. The van der Waals surface area contributed by atoms with E-state index < -0.39 is 0 Å². The molecule has 0 atom stereocenters. The van der Waals surface area contributed by atoms with E-state index in [0.29, 0.717) is 28.2 Å². The van der Waals surface area contributed by atoms with Crippen molar-refractivity contribution in [2.75, 3.05) is 12.4 Å². The predicted molar refractivity (Wildman–Crippen MR) is 78.9 cm³/mol. The lowest BCUT2D eigenvalue weighted by atomic mass is 10.1. The lowest BCUT2D eigenvalue weighted by Crippen LogP contribution is -2.24. The molecule has 0 spiro atoms. The number of hydrogen-bond acceptors (Lipinski definition) is 5. The normalized spacial score (nSPS) is 11.0. The summed E-state index contributed by atoms with van der Waals surface area (Å²) in [6.07, 6.45) is 0. The van der Waals surface area contributed by atoms with Gasteiger partial charge in [-0.25, -0.2) is 0 Å². The van der Waals surface area contributed by atoms with Gasteiger partial charge in [-0.1, -0.05) is 25.2 Å². The van der Waals surface area contributed by atoms with Crippen molar-refractivity contribution in [3.8, 4) is 10.6 Å². The molecule has 0 aliphatic heterocycles. The second-order valence-electron chi connectivity index (χ2n) is 4.54. The molecule has 0 fully saturated rings. The average Bonchev–Trinajstić information content (AvgIpc) is 2.86. The van der Waals surface area contributed by atoms with Crippen LogP contribution in [-0.2, 0) is 6.54 Å². The Balaban J connectivity index is 2.57. The molecule has 0 saturated heterocycles. The molecule has 0 unspecified atom stereocenters. The summed E-state index contributed by atoms with van der Waals surface area (Å²) in [5.74, 6) is 0.323. The maximum absolute atomic E-state index is 12.5. The van der Waals surface area contributed by atoms with Crippen molar-refractivity contribution in [1.29, 1.82) is 0 Å². The molecule has 0 aromatic carbocycles. The molecule has 5 nitrogen and oxygen atoms in total. The first kappa shape index (κ1) is 13.7. The summed E-state index contributed by atoms with van der Waals surface area (Å²) in [5, 5.41) is 12.3. The molecule has 0 amide bonds. The first-order valence-corrected chi connectivity index (χ1v) is 7.15. The van der Waals surface area contributed by atoms with E-state index >= 15 is 0 Å². The van der Waals surface area contributed by atoms with Gasteiger partial charge in [-0.3, -0.25) is 4.79 Å². The van der Waals surface area contributed by atoms with Crippen LogP contribution in [0.1, 0.15) is 32.4 Å². The first-order valence-electron chi connectivity index (χ1n) is 6.33. The van der Waals surface area contributed by atoms with Crippen molar-refractivity contribution in [1.82, 2.24) is 14.8 Å². The van der Waals surface area contributed by atoms with Crippen molar-refractivity contribution in [3.05, 3.63) is 28.2 Å². The molecule has 1 N–H and O–H groups in total. The van der Waals surface area contributed by atoms with Crippen LogP contribution in [0.25, 0.3) is 10.6 Å². The van der Waals surface area contributed by atoms with Gasteiger partial charge in [-0.05, 0) is 25.0 Å². The molecule has 2 rings (SSSR count). The Labute approximate surface area is 116 Å². The summed E-state index contributed by atoms with van der Waals surface area (Å²) >= 11 is 1.39. The van der Waals surface area contributed by atoms with Gasteiger partial charge in [-0.2, -0.15) is 0 Å². The van der Waals surface area contributed by atoms with E-state index in [1.807, 2.05) is 19.1 Å². The standard InChI is InChI=1S/C13H18N4OS/c1-5-17-10(8(2)3)7-6-9(12(17)18)11-15-16-13(14-4)19-11/h6-8H,5H2,1-4H3,(H,14,16). The zero-order chi connectivity index (χ0) is 14.0. The van der Waals surface area contributed by atoms with Crippen LogP contribution in [0.2, 0.25) is 0 Å². The molecule has 6 heteroatoms. The highest BCUT2D eigenvalue weighted by atomic mass is 32.1. The van der Waals surface area contributed by atoms with Crippen molar-refractivity contribution >= 4 is 16.5 Å². The Hall–Kier alpha value is -1.69. The van der Waals surface area contributed by atoms with E-state index in [1.165, 1.54) is 11.3 Å². The molecule has 0 aliphatic carbocycles. The van der Waals surface area contributed by atoms with Crippen molar-refractivity contribution in [2.24, 2.45) is 0 Å². The third-order valence-corrected chi connectivity index (χ3v) is 3.96. The molecule has 19 heavy (non-hydrogen) atoms. The first-order chi connectivity index (χ1) is 9.08.